The van der Waals surface area contributed by atoms with E-state index >= 15 is 0 Å². The number of carbonyl (C=O) groups is 1. The van der Waals surface area contributed by atoms with Gasteiger partial charge in [-0.2, -0.15) is 0 Å². The highest BCUT2D eigenvalue weighted by Gasteiger charge is 2.25. The Morgan fingerprint density at radius 1 is 1.43 bits per heavy atom. The maximum atomic E-state index is 10.8. The molecule has 3 nitrogen and oxygen atoms in total. The molecule has 0 saturated heterocycles. The third-order valence-corrected chi connectivity index (χ3v) is 3.51. The van der Waals surface area contributed by atoms with Crippen molar-refractivity contribution in [2.45, 2.75) is 50.6 Å². The molecule has 3 atom stereocenters. The van der Waals surface area contributed by atoms with E-state index in [1.807, 2.05) is 11.8 Å². The number of nitrogens with one attached hydrogen (secondary N) is 2. The van der Waals surface area contributed by atoms with Crippen LogP contribution in [0.1, 0.15) is 33.1 Å². The lowest BCUT2D eigenvalue weighted by atomic mass is 10.2. The molecule has 1 saturated carbocycles. The molecule has 1 amide bonds. The van der Waals surface area contributed by atoms with Crippen LogP contribution in [0.5, 0.6) is 0 Å². The van der Waals surface area contributed by atoms with E-state index in [2.05, 4.69) is 23.8 Å². The fraction of sp³-hybridized carbons (Fsp3) is 0.900. The van der Waals surface area contributed by atoms with Gasteiger partial charge in [0.15, 0.2) is 0 Å². The summed E-state index contributed by atoms with van der Waals surface area (Å²) in [5.74, 6) is 0.0913. The molecule has 14 heavy (non-hydrogen) atoms. The van der Waals surface area contributed by atoms with E-state index in [1.165, 1.54) is 6.42 Å². The second-order valence-electron chi connectivity index (χ2n) is 3.95. The Bertz CT molecular complexity index is 199. The van der Waals surface area contributed by atoms with Gasteiger partial charge in [-0.3, -0.25) is 4.79 Å². The van der Waals surface area contributed by atoms with Crippen LogP contribution in [0.4, 0.5) is 0 Å². The van der Waals surface area contributed by atoms with E-state index < -0.39 is 0 Å². The van der Waals surface area contributed by atoms with Gasteiger partial charge < -0.3 is 10.6 Å². The van der Waals surface area contributed by atoms with E-state index in [0.717, 1.165) is 12.8 Å². The topological polar surface area (TPSA) is 41.1 Å². The molecule has 0 spiro atoms. The van der Waals surface area contributed by atoms with Gasteiger partial charge in [-0.05, 0) is 32.4 Å². The van der Waals surface area contributed by atoms with Gasteiger partial charge in [-0.15, -0.1) is 11.8 Å². The average Bonchev–Trinajstić information content (AvgIpc) is 2.51. The first-order valence-corrected chi connectivity index (χ1v) is 6.46. The molecule has 0 bridgehead atoms. The number of thioether (sulfide) groups is 1. The lowest BCUT2D eigenvalue weighted by molar-refractivity contribution is -0.119. The van der Waals surface area contributed by atoms with Crippen molar-refractivity contribution in [2.24, 2.45) is 0 Å². The van der Waals surface area contributed by atoms with E-state index in [1.54, 1.807) is 6.92 Å². The third kappa shape index (κ3) is 3.88. The van der Waals surface area contributed by atoms with Gasteiger partial charge in [0, 0.05) is 19.0 Å². The SMILES string of the molecule is CSC(C)N[C@H]1CC[C@H](NC(C)=O)C1. The largest absolute Gasteiger partial charge is 0.354 e. The molecule has 0 aliphatic heterocycles. The maximum absolute atomic E-state index is 10.8. The molecular weight excluding hydrogens is 196 g/mol. The number of carbonyl (C=O) groups excluding carboxylic acids is 1. The average molecular weight is 216 g/mol. The molecule has 0 heterocycles. The van der Waals surface area contributed by atoms with Crippen molar-refractivity contribution in [3.05, 3.63) is 0 Å². The Balaban J connectivity index is 2.23. The first-order chi connectivity index (χ1) is 6.61. The fourth-order valence-corrected chi connectivity index (χ4v) is 2.28. The summed E-state index contributed by atoms with van der Waals surface area (Å²) in [6.07, 6.45) is 5.47. The van der Waals surface area contributed by atoms with Gasteiger partial charge in [0.2, 0.25) is 5.91 Å². The van der Waals surface area contributed by atoms with Crippen molar-refractivity contribution in [3.8, 4) is 0 Å². The maximum Gasteiger partial charge on any atom is 0.217 e. The summed E-state index contributed by atoms with van der Waals surface area (Å²) in [4.78, 5) is 10.8. The smallest absolute Gasteiger partial charge is 0.217 e. The van der Waals surface area contributed by atoms with Crippen LogP contribution in [0.3, 0.4) is 0 Å². The van der Waals surface area contributed by atoms with E-state index in [9.17, 15) is 4.79 Å². The molecule has 1 fully saturated rings. The van der Waals surface area contributed by atoms with E-state index in [0.29, 0.717) is 17.5 Å². The standard InChI is InChI=1S/C10H20N2OS/c1-7(13)11-9-4-5-10(6-9)12-8(2)14-3/h8-10,12H,4-6H2,1-3H3,(H,11,13)/t8?,9-,10-/m0/s1. The van der Waals surface area contributed by atoms with Gasteiger partial charge >= 0.3 is 0 Å². The predicted octanol–water partition coefficient (Wildman–Crippen LogP) is 1.34. The molecule has 0 aromatic carbocycles. The summed E-state index contributed by atoms with van der Waals surface area (Å²) in [5, 5.41) is 7.03. The molecule has 0 aromatic heterocycles. The molecule has 1 aliphatic carbocycles. The summed E-state index contributed by atoms with van der Waals surface area (Å²) in [5.41, 5.74) is 0. The second-order valence-corrected chi connectivity index (χ2v) is 5.13. The summed E-state index contributed by atoms with van der Waals surface area (Å²) >= 11 is 1.83. The number of hydrogen-bond acceptors (Lipinski definition) is 3. The van der Waals surface area contributed by atoms with Crippen LogP contribution < -0.4 is 10.6 Å². The Kier molecular flexibility index (Phi) is 4.75. The zero-order chi connectivity index (χ0) is 10.6. The van der Waals surface area contributed by atoms with Crippen LogP contribution >= 0.6 is 11.8 Å². The van der Waals surface area contributed by atoms with Crippen molar-refractivity contribution >= 4 is 17.7 Å². The Morgan fingerprint density at radius 3 is 2.64 bits per heavy atom. The minimum atomic E-state index is 0.0913. The van der Waals surface area contributed by atoms with Crippen molar-refractivity contribution in [1.29, 1.82) is 0 Å². The van der Waals surface area contributed by atoms with Gasteiger partial charge in [0.25, 0.3) is 0 Å². The summed E-state index contributed by atoms with van der Waals surface area (Å²) in [7, 11) is 0. The lowest BCUT2D eigenvalue weighted by Crippen LogP contribution is -2.36. The first-order valence-electron chi connectivity index (χ1n) is 5.17. The van der Waals surface area contributed by atoms with Gasteiger partial charge in [-0.1, -0.05) is 0 Å². The zero-order valence-corrected chi connectivity index (χ0v) is 9.99. The van der Waals surface area contributed by atoms with Crippen LogP contribution in [0.25, 0.3) is 0 Å². The third-order valence-electron chi connectivity index (χ3n) is 2.66. The van der Waals surface area contributed by atoms with Crippen LogP contribution in [0, 0.1) is 0 Å². The quantitative estimate of drug-likeness (QED) is 0.697. The molecule has 0 aromatic rings. The highest BCUT2D eigenvalue weighted by atomic mass is 32.2. The first kappa shape index (κ1) is 11.9. The number of hydrogen-bond donors (Lipinski definition) is 2. The van der Waals surface area contributed by atoms with E-state index in [-0.39, 0.29) is 5.91 Å². The van der Waals surface area contributed by atoms with Crippen molar-refractivity contribution < 1.29 is 4.79 Å². The normalized spacial score (nSPS) is 28.8. The van der Waals surface area contributed by atoms with Crippen LogP contribution in [0.2, 0.25) is 0 Å². The molecule has 1 unspecified atom stereocenters. The predicted molar refractivity (Wildman–Crippen MR) is 61.4 cm³/mol. The lowest BCUT2D eigenvalue weighted by Gasteiger charge is -2.17. The summed E-state index contributed by atoms with van der Waals surface area (Å²) < 4.78 is 0. The van der Waals surface area contributed by atoms with Gasteiger partial charge in [0.1, 0.15) is 0 Å². The van der Waals surface area contributed by atoms with Crippen molar-refractivity contribution in [1.82, 2.24) is 10.6 Å². The zero-order valence-electron chi connectivity index (χ0n) is 9.17. The number of amides is 1. The summed E-state index contributed by atoms with van der Waals surface area (Å²) in [6.45, 7) is 3.77. The molecule has 2 N–H and O–H groups in total. The Labute approximate surface area is 90.4 Å². The van der Waals surface area contributed by atoms with E-state index in [4.69, 9.17) is 0 Å². The molecule has 0 radical (unpaired) electrons. The highest BCUT2D eigenvalue weighted by molar-refractivity contribution is 7.99. The van der Waals surface area contributed by atoms with Crippen LogP contribution in [0.15, 0.2) is 0 Å². The molecule has 1 rings (SSSR count). The Hall–Kier alpha value is -0.220. The molecule has 82 valence electrons. The van der Waals surface area contributed by atoms with Crippen LogP contribution in [-0.2, 0) is 4.79 Å². The number of rotatable bonds is 4. The summed E-state index contributed by atoms with van der Waals surface area (Å²) in [6, 6.07) is 0.966. The Morgan fingerprint density at radius 2 is 2.07 bits per heavy atom. The molecule has 4 heteroatoms. The van der Waals surface area contributed by atoms with Crippen molar-refractivity contribution in [3.63, 3.8) is 0 Å². The molecule has 1 aliphatic rings. The second kappa shape index (κ2) is 5.61. The monoisotopic (exact) mass is 216 g/mol. The van der Waals surface area contributed by atoms with Gasteiger partial charge in [0.05, 0.1) is 5.37 Å². The van der Waals surface area contributed by atoms with Crippen LogP contribution in [-0.4, -0.2) is 29.6 Å². The minimum absolute atomic E-state index is 0.0913. The minimum Gasteiger partial charge on any atom is -0.354 e. The molecular formula is C10H20N2OS. The fourth-order valence-electron chi connectivity index (χ4n) is 1.95. The van der Waals surface area contributed by atoms with Crippen molar-refractivity contribution in [2.75, 3.05) is 6.26 Å². The van der Waals surface area contributed by atoms with Gasteiger partial charge in [-0.25, -0.2) is 0 Å². The highest BCUT2D eigenvalue weighted by Crippen LogP contribution is 2.20.